The fourth-order valence-corrected chi connectivity index (χ4v) is 2.18. The maximum atomic E-state index is 9.93. The molecule has 0 aromatic heterocycles. The van der Waals surface area contributed by atoms with E-state index in [4.69, 9.17) is 21.1 Å². The first kappa shape index (κ1) is 13.2. The van der Waals surface area contributed by atoms with Crippen LogP contribution in [-0.4, -0.2) is 53.7 Å². The van der Waals surface area contributed by atoms with Gasteiger partial charge in [-0.1, -0.05) is 13.8 Å². The van der Waals surface area contributed by atoms with Gasteiger partial charge in [0, 0.05) is 7.11 Å². The van der Waals surface area contributed by atoms with Crippen LogP contribution in [0.2, 0.25) is 0 Å². The van der Waals surface area contributed by atoms with Crippen molar-refractivity contribution < 1.29 is 19.7 Å². The summed E-state index contributed by atoms with van der Waals surface area (Å²) in [7, 11) is 1.46. The van der Waals surface area contributed by atoms with Crippen molar-refractivity contribution in [2.24, 2.45) is 5.92 Å². The molecule has 5 heteroatoms. The van der Waals surface area contributed by atoms with E-state index in [0.29, 0.717) is 0 Å². The van der Waals surface area contributed by atoms with Crippen molar-refractivity contribution in [1.29, 1.82) is 0 Å². The zero-order valence-corrected chi connectivity index (χ0v) is 10.0. The van der Waals surface area contributed by atoms with Gasteiger partial charge in [-0.05, 0) is 5.92 Å². The SMILES string of the molecule is COC1C(O)[C@H](C(C)C)OC(CCl)[C@@H]1O. The molecule has 1 fully saturated rings. The molecule has 1 saturated heterocycles. The van der Waals surface area contributed by atoms with Crippen molar-refractivity contribution in [2.45, 2.75) is 44.4 Å². The maximum Gasteiger partial charge on any atom is 0.114 e. The van der Waals surface area contributed by atoms with E-state index in [2.05, 4.69) is 0 Å². The molecule has 2 N–H and O–H groups in total. The molecular weight excluding hydrogens is 220 g/mol. The van der Waals surface area contributed by atoms with Gasteiger partial charge in [0.1, 0.15) is 24.4 Å². The van der Waals surface area contributed by atoms with Crippen molar-refractivity contribution in [3.05, 3.63) is 0 Å². The summed E-state index contributed by atoms with van der Waals surface area (Å²) in [6.45, 7) is 3.90. The third-order valence-electron chi connectivity index (χ3n) is 2.80. The lowest BCUT2D eigenvalue weighted by molar-refractivity contribution is -0.232. The van der Waals surface area contributed by atoms with Crippen LogP contribution in [0.3, 0.4) is 0 Å². The lowest BCUT2D eigenvalue weighted by Crippen LogP contribution is -2.60. The monoisotopic (exact) mass is 238 g/mol. The van der Waals surface area contributed by atoms with E-state index < -0.39 is 24.4 Å². The Morgan fingerprint density at radius 2 is 1.93 bits per heavy atom. The van der Waals surface area contributed by atoms with Crippen LogP contribution in [0.25, 0.3) is 0 Å². The molecule has 1 aliphatic heterocycles. The predicted octanol–water partition coefficient (Wildman–Crippen LogP) is 0.385. The standard InChI is InChI=1S/C10H19ClO4/c1-5(2)9-8(13)10(14-3)7(12)6(4-11)15-9/h5-10,12-13H,4H2,1-3H3/t6?,7-,8?,9-,10?/m0/s1. The Bertz CT molecular complexity index is 198. The van der Waals surface area contributed by atoms with E-state index in [1.807, 2.05) is 13.8 Å². The van der Waals surface area contributed by atoms with E-state index in [-0.39, 0.29) is 17.9 Å². The molecule has 0 radical (unpaired) electrons. The first-order valence-corrected chi connectivity index (χ1v) is 5.66. The van der Waals surface area contributed by atoms with Crippen LogP contribution in [0, 0.1) is 5.92 Å². The zero-order chi connectivity index (χ0) is 11.6. The quantitative estimate of drug-likeness (QED) is 0.699. The van der Waals surface area contributed by atoms with E-state index in [1.54, 1.807) is 0 Å². The zero-order valence-electron chi connectivity index (χ0n) is 9.26. The minimum atomic E-state index is -0.877. The summed E-state index contributed by atoms with van der Waals surface area (Å²) in [5.41, 5.74) is 0. The number of aliphatic hydroxyl groups excluding tert-OH is 2. The second-order valence-electron chi connectivity index (χ2n) is 4.22. The van der Waals surface area contributed by atoms with Crippen LogP contribution in [0.5, 0.6) is 0 Å². The summed E-state index contributed by atoms with van der Waals surface area (Å²) in [5.74, 6) is 0.340. The van der Waals surface area contributed by atoms with Gasteiger partial charge >= 0.3 is 0 Å². The predicted molar refractivity (Wildman–Crippen MR) is 57.0 cm³/mol. The summed E-state index contributed by atoms with van der Waals surface area (Å²) in [4.78, 5) is 0. The van der Waals surface area contributed by atoms with Crippen molar-refractivity contribution in [3.63, 3.8) is 0 Å². The summed E-state index contributed by atoms with van der Waals surface area (Å²) in [6, 6.07) is 0. The summed E-state index contributed by atoms with van der Waals surface area (Å²) in [6.07, 6.45) is -3.15. The highest BCUT2D eigenvalue weighted by Gasteiger charge is 2.45. The van der Waals surface area contributed by atoms with Crippen molar-refractivity contribution in [1.82, 2.24) is 0 Å². The lowest BCUT2D eigenvalue weighted by atomic mass is 9.90. The molecule has 15 heavy (non-hydrogen) atoms. The van der Waals surface area contributed by atoms with Gasteiger partial charge in [0.15, 0.2) is 0 Å². The van der Waals surface area contributed by atoms with Crippen molar-refractivity contribution in [3.8, 4) is 0 Å². The molecular formula is C10H19ClO4. The summed E-state index contributed by atoms with van der Waals surface area (Å²) >= 11 is 5.69. The molecule has 0 saturated carbocycles. The van der Waals surface area contributed by atoms with Gasteiger partial charge in [-0.2, -0.15) is 0 Å². The van der Waals surface area contributed by atoms with Crippen molar-refractivity contribution >= 4 is 11.6 Å². The third-order valence-corrected chi connectivity index (χ3v) is 3.11. The number of hydrogen-bond donors (Lipinski definition) is 2. The fraction of sp³-hybridized carbons (Fsp3) is 1.00. The van der Waals surface area contributed by atoms with Gasteiger partial charge in [-0.3, -0.25) is 0 Å². The highest BCUT2D eigenvalue weighted by atomic mass is 35.5. The molecule has 0 aromatic rings. The van der Waals surface area contributed by atoms with Crippen LogP contribution < -0.4 is 0 Å². The third kappa shape index (κ3) is 2.63. The number of hydrogen-bond acceptors (Lipinski definition) is 4. The average Bonchev–Trinajstić information content (AvgIpc) is 2.18. The number of alkyl halides is 1. The van der Waals surface area contributed by atoms with Crippen LogP contribution in [0.1, 0.15) is 13.8 Å². The number of aliphatic hydroxyl groups is 2. The molecule has 5 atom stereocenters. The van der Waals surface area contributed by atoms with E-state index >= 15 is 0 Å². The minimum Gasteiger partial charge on any atom is -0.388 e. The Kier molecular flexibility index (Phi) is 4.80. The Morgan fingerprint density at radius 3 is 2.33 bits per heavy atom. The van der Waals surface area contributed by atoms with E-state index in [9.17, 15) is 10.2 Å². The summed E-state index contributed by atoms with van der Waals surface area (Å²) in [5, 5.41) is 19.7. The number of rotatable bonds is 3. The topological polar surface area (TPSA) is 58.9 Å². The molecule has 1 rings (SSSR count). The smallest absolute Gasteiger partial charge is 0.114 e. The highest BCUT2D eigenvalue weighted by Crippen LogP contribution is 2.27. The summed E-state index contributed by atoms with van der Waals surface area (Å²) < 4.78 is 10.6. The molecule has 0 amide bonds. The van der Waals surface area contributed by atoms with Crippen LogP contribution in [-0.2, 0) is 9.47 Å². The van der Waals surface area contributed by atoms with Gasteiger partial charge < -0.3 is 19.7 Å². The first-order valence-electron chi connectivity index (χ1n) is 5.13. The van der Waals surface area contributed by atoms with Gasteiger partial charge in [-0.15, -0.1) is 11.6 Å². The molecule has 4 nitrogen and oxygen atoms in total. The average molecular weight is 239 g/mol. The second-order valence-corrected chi connectivity index (χ2v) is 4.53. The number of ether oxygens (including phenoxy) is 2. The Balaban J connectivity index is 2.79. The van der Waals surface area contributed by atoms with Gasteiger partial charge in [0.05, 0.1) is 12.0 Å². The first-order chi connectivity index (χ1) is 7.02. The van der Waals surface area contributed by atoms with Gasteiger partial charge in [0.2, 0.25) is 0 Å². The van der Waals surface area contributed by atoms with Gasteiger partial charge in [0.25, 0.3) is 0 Å². The second kappa shape index (κ2) is 5.46. The van der Waals surface area contributed by atoms with E-state index in [1.165, 1.54) is 7.11 Å². The molecule has 0 aliphatic carbocycles. The Labute approximate surface area is 95.1 Å². The van der Waals surface area contributed by atoms with Crippen LogP contribution >= 0.6 is 11.6 Å². The number of halogens is 1. The van der Waals surface area contributed by atoms with Crippen molar-refractivity contribution in [2.75, 3.05) is 13.0 Å². The Morgan fingerprint density at radius 1 is 1.33 bits per heavy atom. The number of methoxy groups -OCH3 is 1. The van der Waals surface area contributed by atoms with Gasteiger partial charge in [-0.25, -0.2) is 0 Å². The molecule has 3 unspecified atom stereocenters. The molecule has 1 heterocycles. The molecule has 0 bridgehead atoms. The minimum absolute atomic E-state index is 0.149. The van der Waals surface area contributed by atoms with Crippen LogP contribution in [0.4, 0.5) is 0 Å². The lowest BCUT2D eigenvalue weighted by Gasteiger charge is -2.43. The Hall–Kier alpha value is 0.130. The fourth-order valence-electron chi connectivity index (χ4n) is 1.92. The van der Waals surface area contributed by atoms with Crippen LogP contribution in [0.15, 0.2) is 0 Å². The molecule has 1 aliphatic rings. The normalized spacial score (nSPS) is 42.2. The molecule has 90 valence electrons. The largest absolute Gasteiger partial charge is 0.388 e. The highest BCUT2D eigenvalue weighted by molar-refractivity contribution is 6.18. The van der Waals surface area contributed by atoms with E-state index in [0.717, 1.165) is 0 Å². The molecule has 0 spiro atoms. The maximum absolute atomic E-state index is 9.93. The molecule has 0 aromatic carbocycles.